The molecule has 1 nitrogen and oxygen atoms in total. The molecular formula is C13H15F5O. The minimum absolute atomic E-state index is 0.0590. The van der Waals surface area contributed by atoms with Crippen LogP contribution in [0.2, 0.25) is 0 Å². The Balaban J connectivity index is 3.00. The average Bonchev–Trinajstić information content (AvgIpc) is 2.34. The van der Waals surface area contributed by atoms with E-state index in [9.17, 15) is 27.1 Å². The van der Waals surface area contributed by atoms with Crippen molar-refractivity contribution in [2.45, 2.75) is 39.2 Å². The molecule has 0 fully saturated rings. The van der Waals surface area contributed by atoms with Crippen LogP contribution in [0, 0.1) is 35.0 Å². The zero-order valence-corrected chi connectivity index (χ0v) is 10.6. The molecule has 0 aliphatic rings. The predicted molar refractivity (Wildman–Crippen MR) is 59.9 cm³/mol. The van der Waals surface area contributed by atoms with E-state index in [4.69, 9.17) is 0 Å². The maximum atomic E-state index is 13.4. The van der Waals surface area contributed by atoms with Crippen molar-refractivity contribution in [3.8, 4) is 0 Å². The number of halogens is 5. The summed E-state index contributed by atoms with van der Waals surface area (Å²) in [6, 6.07) is 0. The summed E-state index contributed by atoms with van der Waals surface area (Å²) in [7, 11) is 0. The highest BCUT2D eigenvalue weighted by molar-refractivity contribution is 5.25. The lowest BCUT2D eigenvalue weighted by atomic mass is 9.99. The predicted octanol–water partition coefficient (Wildman–Crippen LogP) is 4.24. The zero-order chi connectivity index (χ0) is 14.7. The van der Waals surface area contributed by atoms with Crippen molar-refractivity contribution < 1.29 is 27.1 Å². The number of aliphatic hydroxyl groups excluding tert-OH is 1. The fourth-order valence-electron chi connectivity index (χ4n) is 1.78. The smallest absolute Gasteiger partial charge is 0.200 e. The second kappa shape index (κ2) is 6.32. The fraction of sp³-hybridized carbons (Fsp3) is 0.538. The third-order valence-electron chi connectivity index (χ3n) is 2.84. The van der Waals surface area contributed by atoms with Crippen LogP contribution in [0.3, 0.4) is 0 Å². The number of rotatable bonds is 5. The first-order valence-corrected chi connectivity index (χ1v) is 5.96. The molecule has 0 aliphatic carbocycles. The number of hydrogen-bond acceptors (Lipinski definition) is 1. The topological polar surface area (TPSA) is 20.2 Å². The van der Waals surface area contributed by atoms with Gasteiger partial charge in [-0.05, 0) is 12.3 Å². The van der Waals surface area contributed by atoms with Crippen LogP contribution < -0.4 is 0 Å². The van der Waals surface area contributed by atoms with E-state index in [0.717, 1.165) is 0 Å². The Bertz CT molecular complexity index is 430. The van der Waals surface area contributed by atoms with Crippen LogP contribution in [0.15, 0.2) is 0 Å². The zero-order valence-electron chi connectivity index (χ0n) is 10.6. The highest BCUT2D eigenvalue weighted by atomic mass is 19.2. The van der Waals surface area contributed by atoms with Gasteiger partial charge in [-0.1, -0.05) is 26.7 Å². The Morgan fingerprint density at radius 3 is 1.63 bits per heavy atom. The van der Waals surface area contributed by atoms with E-state index in [2.05, 4.69) is 0 Å². The molecule has 0 aliphatic heterocycles. The minimum Gasteiger partial charge on any atom is -0.388 e. The van der Waals surface area contributed by atoms with Gasteiger partial charge in [-0.15, -0.1) is 0 Å². The van der Waals surface area contributed by atoms with Crippen molar-refractivity contribution in [1.29, 1.82) is 0 Å². The molecule has 0 bridgehead atoms. The van der Waals surface area contributed by atoms with Gasteiger partial charge < -0.3 is 5.11 Å². The molecule has 0 saturated carbocycles. The van der Waals surface area contributed by atoms with Gasteiger partial charge in [-0.25, -0.2) is 22.0 Å². The number of aliphatic hydroxyl groups is 1. The standard InChI is InChI=1S/C13H15F5O/c1-6(2)4-3-5-7(19)8-9(14)11(16)13(18)12(17)10(8)15/h6-7,19H,3-5H2,1-2H3. The van der Waals surface area contributed by atoms with Gasteiger partial charge in [-0.2, -0.15) is 0 Å². The third kappa shape index (κ3) is 3.43. The van der Waals surface area contributed by atoms with Gasteiger partial charge in [-0.3, -0.25) is 0 Å². The van der Waals surface area contributed by atoms with Crippen molar-refractivity contribution in [1.82, 2.24) is 0 Å². The molecule has 6 heteroatoms. The molecule has 19 heavy (non-hydrogen) atoms. The molecule has 0 aromatic heterocycles. The summed E-state index contributed by atoms with van der Waals surface area (Å²) >= 11 is 0. The quantitative estimate of drug-likeness (QED) is 0.486. The molecule has 0 spiro atoms. The average molecular weight is 282 g/mol. The van der Waals surface area contributed by atoms with Crippen molar-refractivity contribution in [2.75, 3.05) is 0 Å². The first-order chi connectivity index (χ1) is 8.77. The second-order valence-corrected chi connectivity index (χ2v) is 4.82. The Labute approximate surface area is 108 Å². The van der Waals surface area contributed by atoms with E-state index in [-0.39, 0.29) is 6.42 Å². The first-order valence-electron chi connectivity index (χ1n) is 5.96. The monoisotopic (exact) mass is 282 g/mol. The van der Waals surface area contributed by atoms with Crippen molar-refractivity contribution in [2.24, 2.45) is 5.92 Å². The Kier molecular flexibility index (Phi) is 5.29. The molecule has 0 saturated heterocycles. The Morgan fingerprint density at radius 2 is 1.21 bits per heavy atom. The summed E-state index contributed by atoms with van der Waals surface area (Å²) in [4.78, 5) is 0. The maximum Gasteiger partial charge on any atom is 0.200 e. The van der Waals surface area contributed by atoms with Gasteiger partial charge in [0.05, 0.1) is 11.7 Å². The minimum atomic E-state index is -2.21. The first kappa shape index (κ1) is 15.9. The van der Waals surface area contributed by atoms with Gasteiger partial charge in [0.1, 0.15) is 0 Å². The normalized spacial score (nSPS) is 13.1. The largest absolute Gasteiger partial charge is 0.388 e. The lowest BCUT2D eigenvalue weighted by molar-refractivity contribution is 0.148. The lowest BCUT2D eigenvalue weighted by Crippen LogP contribution is -2.11. The summed E-state index contributed by atoms with van der Waals surface area (Å²) in [5.74, 6) is -9.88. The fourth-order valence-corrected chi connectivity index (χ4v) is 1.78. The van der Waals surface area contributed by atoms with E-state index in [1.54, 1.807) is 0 Å². The van der Waals surface area contributed by atoms with E-state index >= 15 is 0 Å². The Hall–Kier alpha value is -1.17. The molecule has 0 amide bonds. The molecule has 1 unspecified atom stereocenters. The van der Waals surface area contributed by atoms with Crippen LogP contribution in [0.4, 0.5) is 22.0 Å². The number of benzene rings is 1. The van der Waals surface area contributed by atoms with Crippen molar-refractivity contribution in [3.05, 3.63) is 34.6 Å². The van der Waals surface area contributed by atoms with Crippen molar-refractivity contribution in [3.63, 3.8) is 0 Å². The van der Waals surface area contributed by atoms with Gasteiger partial charge in [0.25, 0.3) is 0 Å². The molecule has 1 aromatic carbocycles. The third-order valence-corrected chi connectivity index (χ3v) is 2.84. The summed E-state index contributed by atoms with van der Waals surface area (Å²) in [6.45, 7) is 3.84. The van der Waals surface area contributed by atoms with Gasteiger partial charge >= 0.3 is 0 Å². The summed E-state index contributed by atoms with van der Waals surface area (Å²) in [6.07, 6.45) is -0.648. The highest BCUT2D eigenvalue weighted by Crippen LogP contribution is 2.30. The molecular weight excluding hydrogens is 267 g/mol. The maximum absolute atomic E-state index is 13.4. The molecule has 0 radical (unpaired) electrons. The van der Waals surface area contributed by atoms with Gasteiger partial charge in [0, 0.05) is 0 Å². The molecule has 1 rings (SSSR count). The van der Waals surface area contributed by atoms with E-state index in [1.165, 1.54) is 0 Å². The summed E-state index contributed by atoms with van der Waals surface area (Å²) in [5.41, 5.74) is -1.15. The lowest BCUT2D eigenvalue weighted by Gasteiger charge is -2.15. The van der Waals surface area contributed by atoms with Crippen LogP contribution in [0.1, 0.15) is 44.8 Å². The highest BCUT2D eigenvalue weighted by Gasteiger charge is 2.29. The van der Waals surface area contributed by atoms with E-state index < -0.39 is 40.8 Å². The second-order valence-electron chi connectivity index (χ2n) is 4.82. The van der Waals surface area contributed by atoms with E-state index in [1.807, 2.05) is 13.8 Å². The van der Waals surface area contributed by atoms with Crippen LogP contribution in [-0.4, -0.2) is 5.11 Å². The SMILES string of the molecule is CC(C)CCCC(O)c1c(F)c(F)c(F)c(F)c1F. The van der Waals surface area contributed by atoms with Crippen LogP contribution >= 0.6 is 0 Å². The van der Waals surface area contributed by atoms with Crippen molar-refractivity contribution >= 4 is 0 Å². The van der Waals surface area contributed by atoms with Gasteiger partial charge in [0.2, 0.25) is 5.82 Å². The molecule has 1 atom stereocenters. The van der Waals surface area contributed by atoms with E-state index in [0.29, 0.717) is 18.8 Å². The van der Waals surface area contributed by atoms with Gasteiger partial charge in [0.15, 0.2) is 23.3 Å². The van der Waals surface area contributed by atoms with Crippen LogP contribution in [0.5, 0.6) is 0 Å². The summed E-state index contributed by atoms with van der Waals surface area (Å²) in [5, 5.41) is 9.60. The number of hydrogen-bond donors (Lipinski definition) is 1. The molecule has 1 aromatic rings. The molecule has 108 valence electrons. The molecule has 1 N–H and O–H groups in total. The van der Waals surface area contributed by atoms with Crippen LogP contribution in [-0.2, 0) is 0 Å². The Morgan fingerprint density at radius 1 is 0.789 bits per heavy atom. The molecule has 0 heterocycles. The van der Waals surface area contributed by atoms with Crippen LogP contribution in [0.25, 0.3) is 0 Å². The summed E-state index contributed by atoms with van der Waals surface area (Å²) < 4.78 is 65.4.